The van der Waals surface area contributed by atoms with Crippen LogP contribution in [0.2, 0.25) is 0 Å². The van der Waals surface area contributed by atoms with Crippen molar-refractivity contribution in [1.29, 1.82) is 0 Å². The molecular formula is C81H119N9O16. The van der Waals surface area contributed by atoms with E-state index >= 15 is 0 Å². The molecule has 1 fully saturated rings. The quantitative estimate of drug-likeness (QED) is 0.0233. The number of likely N-dealkylation sites (tertiary alicyclic amines) is 1. The van der Waals surface area contributed by atoms with Gasteiger partial charge >= 0.3 is 18.1 Å². The highest BCUT2D eigenvalue weighted by atomic mass is 16.6. The summed E-state index contributed by atoms with van der Waals surface area (Å²) in [4.78, 5) is 168. The molecule has 584 valence electrons. The van der Waals surface area contributed by atoms with Crippen molar-refractivity contribution in [2.24, 2.45) is 47.2 Å². The first-order valence-electron chi connectivity index (χ1n) is 37.6. The van der Waals surface area contributed by atoms with Gasteiger partial charge in [0.25, 0.3) is 11.8 Å². The van der Waals surface area contributed by atoms with E-state index in [4.69, 9.17) is 24.7 Å². The maximum Gasteiger partial charge on any atom is 0.414 e. The number of carbonyl (C=O) groups is 12. The highest BCUT2D eigenvalue weighted by molar-refractivity contribution is 6.12. The monoisotopic (exact) mass is 1470 g/mol. The summed E-state index contributed by atoms with van der Waals surface area (Å²) in [5.74, 6) is -5.72. The number of anilines is 1. The Bertz CT molecular complexity index is 3420. The van der Waals surface area contributed by atoms with Crippen LogP contribution in [0.5, 0.6) is 0 Å². The first-order valence-corrected chi connectivity index (χ1v) is 37.6. The van der Waals surface area contributed by atoms with E-state index in [0.29, 0.717) is 81.3 Å². The van der Waals surface area contributed by atoms with Gasteiger partial charge in [0.2, 0.25) is 23.6 Å². The van der Waals surface area contributed by atoms with Crippen LogP contribution in [0.3, 0.4) is 0 Å². The molecule has 106 heavy (non-hydrogen) atoms. The summed E-state index contributed by atoms with van der Waals surface area (Å²) in [6.45, 7) is 18.7. The van der Waals surface area contributed by atoms with Crippen molar-refractivity contribution in [2.45, 2.75) is 208 Å². The van der Waals surface area contributed by atoms with E-state index in [1.165, 1.54) is 31.3 Å². The van der Waals surface area contributed by atoms with E-state index in [1.54, 1.807) is 62.2 Å². The van der Waals surface area contributed by atoms with Gasteiger partial charge < -0.3 is 50.4 Å². The normalized spacial score (nSPS) is 16.5. The zero-order chi connectivity index (χ0) is 78.5. The van der Waals surface area contributed by atoms with E-state index in [0.717, 1.165) is 16.0 Å². The molecule has 9 amide bonds. The van der Waals surface area contributed by atoms with Crippen molar-refractivity contribution >= 4 is 76.6 Å². The number of hydrogen-bond acceptors (Lipinski definition) is 17. The minimum Gasteiger partial charge on any atom is -0.467 e. The fraction of sp³-hybridized carbons (Fsp3) is 0.605. The van der Waals surface area contributed by atoms with E-state index in [9.17, 15) is 57.5 Å². The molecule has 2 heterocycles. The van der Waals surface area contributed by atoms with Gasteiger partial charge in [-0.05, 0) is 110 Å². The minimum atomic E-state index is -0.936. The van der Waals surface area contributed by atoms with Crippen LogP contribution in [-0.4, -0.2) is 202 Å². The molecule has 1 saturated heterocycles. The topological polar surface area (TPSA) is 320 Å². The van der Waals surface area contributed by atoms with E-state index in [2.05, 4.69) is 16.0 Å². The van der Waals surface area contributed by atoms with Crippen LogP contribution < -0.4 is 26.6 Å². The molecule has 2 aliphatic rings. The number of likely N-dealkylation sites (N-methyl/N-ethyl adjacent to an activating group) is 2. The van der Waals surface area contributed by atoms with Crippen LogP contribution in [0.4, 0.5) is 15.3 Å². The molecule has 2 aliphatic heterocycles. The number of methoxy groups -OCH3 is 3. The van der Waals surface area contributed by atoms with Crippen molar-refractivity contribution in [3.63, 3.8) is 0 Å². The number of nitrogens with one attached hydrogen (secondary N) is 3. The number of nitrogens with zero attached hydrogens (tertiary/aromatic N) is 5. The predicted molar refractivity (Wildman–Crippen MR) is 404 cm³/mol. The third-order valence-electron chi connectivity index (χ3n) is 20.9. The molecule has 11 atom stereocenters. The van der Waals surface area contributed by atoms with Gasteiger partial charge in [0.05, 0.1) is 55.8 Å². The van der Waals surface area contributed by atoms with E-state index in [1.807, 2.05) is 122 Å². The van der Waals surface area contributed by atoms with E-state index < -0.39 is 90.1 Å². The number of Topliss-reactive ketones (excluding diaryl/α,β-unsaturated/α-hetero) is 3. The molecule has 0 aromatic heterocycles. The number of nitrogens with two attached hydrogens (primary N) is 1. The van der Waals surface area contributed by atoms with Gasteiger partial charge in [0.1, 0.15) is 18.4 Å². The van der Waals surface area contributed by atoms with Crippen molar-refractivity contribution in [3.8, 4) is 0 Å². The molecule has 0 unspecified atom stereocenters. The molecule has 5 N–H and O–H groups in total. The predicted octanol–water partition coefficient (Wildman–Crippen LogP) is 8.77. The molecule has 5 rings (SSSR count). The van der Waals surface area contributed by atoms with E-state index in [-0.39, 0.29) is 129 Å². The zero-order valence-corrected chi connectivity index (χ0v) is 65.2. The minimum absolute atomic E-state index is 0.00488. The van der Waals surface area contributed by atoms with Crippen LogP contribution in [0, 0.1) is 41.4 Å². The van der Waals surface area contributed by atoms with Crippen LogP contribution in [0.1, 0.15) is 162 Å². The maximum absolute atomic E-state index is 15.0. The van der Waals surface area contributed by atoms with Crippen molar-refractivity contribution in [1.82, 2.24) is 35.6 Å². The molecule has 25 heteroatoms. The summed E-state index contributed by atoms with van der Waals surface area (Å²) in [6.07, 6.45) is 5.58. The molecule has 0 radical (unpaired) electrons. The van der Waals surface area contributed by atoms with Gasteiger partial charge in [-0.3, -0.25) is 57.9 Å². The highest BCUT2D eigenvalue weighted by Gasteiger charge is 2.44. The number of carbonyl (C=O) groups excluding carboxylic acids is 12. The fourth-order valence-corrected chi connectivity index (χ4v) is 14.4. The van der Waals surface area contributed by atoms with Crippen molar-refractivity contribution < 1.29 is 76.5 Å². The number of unbranched alkanes of at least 4 members (excludes halogenated alkanes) is 2. The Hall–Kier alpha value is -8.68. The molecule has 0 spiro atoms. The number of amides is 9. The van der Waals surface area contributed by atoms with Gasteiger partial charge in [-0.25, -0.2) is 14.4 Å². The number of ether oxygens (including phenoxy) is 4. The van der Waals surface area contributed by atoms with Gasteiger partial charge in [0, 0.05) is 116 Å². The largest absolute Gasteiger partial charge is 0.467 e. The third kappa shape index (κ3) is 26.4. The number of esters is 1. The molecule has 0 saturated carbocycles. The number of benzene rings is 3. The third-order valence-corrected chi connectivity index (χ3v) is 20.9. The second-order valence-electron chi connectivity index (χ2n) is 29.6. The van der Waals surface area contributed by atoms with Gasteiger partial charge in [-0.1, -0.05) is 142 Å². The zero-order valence-electron chi connectivity index (χ0n) is 65.2. The van der Waals surface area contributed by atoms with Crippen LogP contribution >= 0.6 is 0 Å². The Morgan fingerprint density at radius 2 is 1.28 bits per heavy atom. The van der Waals surface area contributed by atoms with Crippen molar-refractivity contribution in [3.05, 3.63) is 113 Å². The molecule has 3 aromatic rings. The first kappa shape index (κ1) is 88.0. The highest BCUT2D eigenvalue weighted by Crippen LogP contribution is 2.32. The second kappa shape index (κ2) is 43.8. The molecule has 3 aromatic carbocycles. The Morgan fingerprint density at radius 3 is 1.87 bits per heavy atom. The lowest BCUT2D eigenvalue weighted by atomic mass is 9.83. The molecule has 25 nitrogen and oxygen atoms in total. The Balaban J connectivity index is 1.13. The first-order chi connectivity index (χ1) is 50.3. The van der Waals surface area contributed by atoms with Crippen molar-refractivity contribution in [2.75, 3.05) is 73.6 Å². The Kier molecular flexibility index (Phi) is 36.4. The maximum atomic E-state index is 15.0. The van der Waals surface area contributed by atoms with Gasteiger partial charge in [-0.2, -0.15) is 0 Å². The fourth-order valence-electron chi connectivity index (χ4n) is 14.4. The number of imide groups is 1. The standard InChI is InChI=1S/C81H119N9O16/c1-16-54(8)74(69(103-13)49-72(96)89-43-24-29-66(89)75(104-14)55(9)76(97)85-65(79(100)105-15)45-57-25-19-17-20-26-57)88(12)78(99)63(52(4)5)48-68(93)73(53(6)7)86(10)44-40-56-34-36-60(37-35-56)87(11)81(102)106-50-59-32-30-58(31-33-59)46-67(92)64(28-23-41-83-80(82)101)84-77(98)62(51(2)3)47-61(91)27-21-18-22-42-90-70(94)38-39-71(90)95/h17,19-20,25-26,30-39,51-55,62-66,69,73-75H,16,18,21-24,27-29,40-50H2,1-15H3,(H,84,98)(H,85,97)(H3,82,83,101)/t54-,55+,62-,63-,64-,65-,66-,69+,73-,74-,75+/m0/s1. The van der Waals surface area contributed by atoms with Gasteiger partial charge in [0.15, 0.2) is 11.6 Å². The Morgan fingerprint density at radius 1 is 0.660 bits per heavy atom. The van der Waals surface area contributed by atoms with Gasteiger partial charge in [-0.15, -0.1) is 0 Å². The Labute approximate surface area is 627 Å². The SMILES string of the molecule is CC[C@H](C)[C@@H]([C@@H](CC(=O)N1CCC[C@H]1[C@H](OC)[C@@H](C)C(=O)N[C@@H](Cc1ccccc1)C(=O)OC)OC)N(C)C(=O)[C@@H](CC(=O)[C@H](C(C)C)N(C)CCc1ccc(N(C)C(=O)OCc2ccc(CC(=O)[C@H](CCCNC(N)=O)NC(=O)[C@@H](CC(=O)CCCCCN3C(=O)C=CC3=O)C(C)C)cc2)cc1)C(C)C. The molecular weight excluding hydrogens is 1350 g/mol. The molecule has 0 bridgehead atoms. The summed E-state index contributed by atoms with van der Waals surface area (Å²) in [7, 11) is 9.60. The van der Waals surface area contributed by atoms with Crippen LogP contribution in [-0.2, 0) is 92.8 Å². The lowest BCUT2D eigenvalue weighted by molar-refractivity contribution is -0.150. The number of primary amides is 1. The summed E-state index contributed by atoms with van der Waals surface area (Å²) < 4.78 is 22.9. The average molecular weight is 1470 g/mol. The smallest absolute Gasteiger partial charge is 0.414 e. The number of hydrogen-bond donors (Lipinski definition) is 4. The van der Waals surface area contributed by atoms with Crippen LogP contribution in [0.15, 0.2) is 91.0 Å². The lowest BCUT2D eigenvalue weighted by Gasteiger charge is -2.41. The van der Waals surface area contributed by atoms with Crippen LogP contribution in [0.25, 0.3) is 0 Å². The summed E-state index contributed by atoms with van der Waals surface area (Å²) in [5, 5.41) is 8.28. The lowest BCUT2D eigenvalue weighted by Crippen LogP contribution is -2.55. The summed E-state index contributed by atoms with van der Waals surface area (Å²) in [6, 6.07) is 19.7. The number of rotatable bonds is 46. The summed E-state index contributed by atoms with van der Waals surface area (Å²) in [5.41, 5.74) is 9.00. The second-order valence-corrected chi connectivity index (χ2v) is 29.6. The number of urea groups is 1. The number of ketones is 3. The average Bonchev–Trinajstić information content (AvgIpc) is 1.42. The summed E-state index contributed by atoms with van der Waals surface area (Å²) >= 11 is 0. The molecule has 0 aliphatic carbocycles.